The maximum atomic E-state index is 11.5. The van der Waals surface area contributed by atoms with Gasteiger partial charge in [0.1, 0.15) is 16.4 Å². The Morgan fingerprint density at radius 3 is 2.58 bits per heavy atom. The maximum Gasteiger partial charge on any atom is 0.241 e. The van der Waals surface area contributed by atoms with Crippen molar-refractivity contribution in [3.05, 3.63) is 41.7 Å². The highest BCUT2D eigenvalue weighted by Gasteiger charge is 2.16. The molecular weight excluding hydrogens is 290 g/mol. The molecule has 8 heteroatoms. The minimum Gasteiger partial charge on any atom is -0.454 e. The zero-order chi connectivity index (χ0) is 14.0. The largest absolute Gasteiger partial charge is 0.454 e. The number of pyridine rings is 1. The van der Waals surface area contributed by atoms with Gasteiger partial charge in [-0.1, -0.05) is 11.6 Å². The van der Waals surface area contributed by atoms with E-state index in [4.69, 9.17) is 27.2 Å². The fraction of sp³-hybridized carbons (Fsp3) is 0. The topological polar surface area (TPSA) is 108 Å². The van der Waals surface area contributed by atoms with Crippen molar-refractivity contribution in [2.75, 3.05) is 5.73 Å². The van der Waals surface area contributed by atoms with E-state index in [1.54, 1.807) is 0 Å². The summed E-state index contributed by atoms with van der Waals surface area (Å²) in [6.07, 6.45) is 2.83. The van der Waals surface area contributed by atoms with E-state index in [9.17, 15) is 8.42 Å². The van der Waals surface area contributed by atoms with Gasteiger partial charge in [-0.3, -0.25) is 4.98 Å². The Bertz CT molecular complexity index is 719. The Labute approximate surface area is 115 Å². The van der Waals surface area contributed by atoms with Crippen molar-refractivity contribution in [3.63, 3.8) is 0 Å². The summed E-state index contributed by atoms with van der Waals surface area (Å²) in [5, 5.41) is 5.47. The number of aromatic nitrogens is 1. The van der Waals surface area contributed by atoms with Crippen LogP contribution in [-0.2, 0) is 10.0 Å². The molecule has 0 atom stereocenters. The number of anilines is 1. The summed E-state index contributed by atoms with van der Waals surface area (Å²) in [5.41, 5.74) is 5.80. The minimum atomic E-state index is -3.94. The number of nitrogen functional groups attached to an aromatic ring is 1. The minimum absolute atomic E-state index is 0.0563. The quantitative estimate of drug-likeness (QED) is 0.839. The number of ether oxygens (including phenoxy) is 1. The molecule has 0 amide bonds. The third-order valence-corrected chi connectivity index (χ3v) is 3.32. The molecule has 1 aromatic carbocycles. The van der Waals surface area contributed by atoms with Crippen LogP contribution in [0.3, 0.4) is 0 Å². The molecule has 1 aromatic heterocycles. The van der Waals surface area contributed by atoms with Gasteiger partial charge in [0.15, 0.2) is 0 Å². The van der Waals surface area contributed by atoms with Crippen molar-refractivity contribution in [1.82, 2.24) is 4.98 Å². The number of nitrogens with zero attached hydrogens (tertiary/aromatic N) is 1. The van der Waals surface area contributed by atoms with Crippen molar-refractivity contribution in [2.24, 2.45) is 5.14 Å². The van der Waals surface area contributed by atoms with Gasteiger partial charge in [0.05, 0.1) is 11.2 Å². The molecule has 0 aliphatic heterocycles. The lowest BCUT2D eigenvalue weighted by molar-refractivity contribution is 0.465. The first-order chi connectivity index (χ1) is 8.86. The molecule has 0 spiro atoms. The first-order valence-corrected chi connectivity index (χ1v) is 6.99. The van der Waals surface area contributed by atoms with Gasteiger partial charge in [0, 0.05) is 18.0 Å². The Kier molecular flexibility index (Phi) is 3.61. The Morgan fingerprint density at radius 1 is 1.21 bits per heavy atom. The molecule has 0 bridgehead atoms. The smallest absolute Gasteiger partial charge is 0.241 e. The monoisotopic (exact) mass is 299 g/mol. The van der Waals surface area contributed by atoms with Gasteiger partial charge in [0.2, 0.25) is 10.0 Å². The van der Waals surface area contributed by atoms with E-state index in [-0.39, 0.29) is 16.3 Å². The number of rotatable bonds is 3. The van der Waals surface area contributed by atoms with Crippen molar-refractivity contribution in [1.29, 1.82) is 0 Å². The van der Waals surface area contributed by atoms with Gasteiger partial charge >= 0.3 is 0 Å². The average molecular weight is 300 g/mol. The van der Waals surface area contributed by atoms with E-state index in [1.807, 2.05) is 0 Å². The summed E-state index contributed by atoms with van der Waals surface area (Å²) in [5.74, 6) is 0.350. The number of primary sulfonamides is 1. The zero-order valence-corrected chi connectivity index (χ0v) is 11.1. The first-order valence-electron chi connectivity index (χ1n) is 5.07. The van der Waals surface area contributed by atoms with Crippen LogP contribution in [0.5, 0.6) is 11.5 Å². The third kappa shape index (κ3) is 3.34. The maximum absolute atomic E-state index is 11.5. The van der Waals surface area contributed by atoms with Crippen LogP contribution < -0.4 is 15.6 Å². The number of sulfonamides is 1. The summed E-state index contributed by atoms with van der Waals surface area (Å²) in [7, 11) is -3.94. The predicted octanol–water partition coefficient (Wildman–Crippen LogP) is 1.76. The van der Waals surface area contributed by atoms with Crippen molar-refractivity contribution in [3.8, 4) is 11.5 Å². The van der Waals surface area contributed by atoms with Crippen molar-refractivity contribution < 1.29 is 13.2 Å². The van der Waals surface area contributed by atoms with E-state index in [1.165, 1.54) is 36.7 Å². The SMILES string of the molecule is Nc1ccc(Oc2cncc(Cl)c2)c(S(N)(=O)=O)c1. The van der Waals surface area contributed by atoms with Crippen LogP contribution in [0.1, 0.15) is 0 Å². The number of hydrogen-bond acceptors (Lipinski definition) is 5. The summed E-state index contributed by atoms with van der Waals surface area (Å²) in [6, 6.07) is 5.64. The molecule has 0 saturated carbocycles. The van der Waals surface area contributed by atoms with E-state index >= 15 is 0 Å². The van der Waals surface area contributed by atoms with E-state index in [0.29, 0.717) is 10.8 Å². The Morgan fingerprint density at radius 2 is 1.95 bits per heavy atom. The summed E-state index contributed by atoms with van der Waals surface area (Å²) < 4.78 is 28.3. The van der Waals surface area contributed by atoms with Crippen molar-refractivity contribution >= 4 is 27.3 Å². The molecule has 2 rings (SSSR count). The van der Waals surface area contributed by atoms with Crippen LogP contribution in [0.4, 0.5) is 5.69 Å². The van der Waals surface area contributed by atoms with Crippen LogP contribution in [0, 0.1) is 0 Å². The lowest BCUT2D eigenvalue weighted by atomic mass is 10.3. The number of nitrogens with two attached hydrogens (primary N) is 2. The zero-order valence-electron chi connectivity index (χ0n) is 9.58. The average Bonchev–Trinajstić information content (AvgIpc) is 2.30. The van der Waals surface area contributed by atoms with Crippen LogP contribution in [0.2, 0.25) is 5.02 Å². The van der Waals surface area contributed by atoms with Crippen molar-refractivity contribution in [2.45, 2.75) is 4.90 Å². The van der Waals surface area contributed by atoms with Crippen LogP contribution >= 0.6 is 11.6 Å². The first kappa shape index (κ1) is 13.6. The standard InChI is InChI=1S/C11H10ClN3O3S/c12-7-3-9(6-15-5-7)18-10-2-1-8(13)4-11(10)19(14,16)17/h1-6H,13H2,(H2,14,16,17). The van der Waals surface area contributed by atoms with Gasteiger partial charge in [-0.25, -0.2) is 13.6 Å². The second kappa shape index (κ2) is 5.04. The van der Waals surface area contributed by atoms with E-state index < -0.39 is 10.0 Å². The van der Waals surface area contributed by atoms with Gasteiger partial charge < -0.3 is 10.5 Å². The van der Waals surface area contributed by atoms with Gasteiger partial charge in [-0.05, 0) is 18.2 Å². The normalized spacial score (nSPS) is 11.3. The Hall–Kier alpha value is -1.83. The molecule has 0 aliphatic rings. The molecule has 100 valence electrons. The van der Waals surface area contributed by atoms with Gasteiger partial charge in [-0.2, -0.15) is 0 Å². The lowest BCUT2D eigenvalue weighted by Crippen LogP contribution is -2.13. The molecule has 0 saturated heterocycles. The van der Waals surface area contributed by atoms with Crippen LogP contribution in [0.25, 0.3) is 0 Å². The molecule has 0 unspecified atom stereocenters. The summed E-state index contributed by atoms with van der Waals surface area (Å²) in [4.78, 5) is 3.63. The molecule has 6 nitrogen and oxygen atoms in total. The number of benzene rings is 1. The number of halogens is 1. The van der Waals surface area contributed by atoms with Gasteiger partial charge in [-0.15, -0.1) is 0 Å². The lowest BCUT2D eigenvalue weighted by Gasteiger charge is -2.10. The van der Waals surface area contributed by atoms with Gasteiger partial charge in [0.25, 0.3) is 0 Å². The molecule has 1 heterocycles. The Balaban J connectivity index is 2.46. The van der Waals surface area contributed by atoms with E-state index in [2.05, 4.69) is 4.98 Å². The summed E-state index contributed by atoms with van der Waals surface area (Å²) in [6.45, 7) is 0. The third-order valence-electron chi connectivity index (χ3n) is 2.18. The second-order valence-electron chi connectivity index (χ2n) is 3.69. The summed E-state index contributed by atoms with van der Waals surface area (Å²) >= 11 is 5.76. The molecule has 0 radical (unpaired) electrons. The molecule has 4 N–H and O–H groups in total. The highest BCUT2D eigenvalue weighted by molar-refractivity contribution is 7.89. The highest BCUT2D eigenvalue weighted by Crippen LogP contribution is 2.30. The molecular formula is C11H10ClN3O3S. The molecule has 0 aliphatic carbocycles. The molecule has 0 fully saturated rings. The van der Waals surface area contributed by atoms with Crippen LogP contribution in [0.15, 0.2) is 41.6 Å². The number of hydrogen-bond donors (Lipinski definition) is 2. The fourth-order valence-electron chi connectivity index (χ4n) is 1.41. The van der Waals surface area contributed by atoms with E-state index in [0.717, 1.165) is 0 Å². The molecule has 2 aromatic rings. The second-order valence-corrected chi connectivity index (χ2v) is 5.66. The van der Waals surface area contributed by atoms with Crippen LogP contribution in [-0.4, -0.2) is 13.4 Å². The predicted molar refractivity (Wildman–Crippen MR) is 71.5 cm³/mol. The fourth-order valence-corrected chi connectivity index (χ4v) is 2.26. The molecule has 19 heavy (non-hydrogen) atoms. The highest BCUT2D eigenvalue weighted by atomic mass is 35.5.